The molecule has 0 saturated heterocycles. The lowest BCUT2D eigenvalue weighted by Gasteiger charge is -2.10. The fourth-order valence-corrected chi connectivity index (χ4v) is 2.83. The van der Waals surface area contributed by atoms with Crippen LogP contribution in [0.2, 0.25) is 0 Å². The lowest BCUT2D eigenvalue weighted by Crippen LogP contribution is -2.15. The molecule has 128 valence electrons. The molecule has 1 amide bonds. The number of hydrogen-bond acceptors (Lipinski definition) is 10. The van der Waals surface area contributed by atoms with E-state index < -0.39 is 11.5 Å². The van der Waals surface area contributed by atoms with E-state index in [4.69, 9.17) is 14.4 Å². The van der Waals surface area contributed by atoms with Gasteiger partial charge in [0.2, 0.25) is 16.0 Å². The van der Waals surface area contributed by atoms with E-state index in [1.165, 1.54) is 13.2 Å². The summed E-state index contributed by atoms with van der Waals surface area (Å²) in [5.41, 5.74) is -0.832. The van der Waals surface area contributed by atoms with Crippen molar-refractivity contribution in [3.63, 3.8) is 0 Å². The Kier molecular flexibility index (Phi) is 5.63. The van der Waals surface area contributed by atoms with Gasteiger partial charge in [-0.2, -0.15) is 15.4 Å². The summed E-state index contributed by atoms with van der Waals surface area (Å²) in [6.07, 6.45) is 0. The number of ether oxygens (including phenoxy) is 1. The smallest absolute Gasteiger partial charge is 0.380 e. The molecule has 2 rings (SSSR count). The van der Waals surface area contributed by atoms with Gasteiger partial charge < -0.3 is 9.15 Å². The fraction of sp³-hybridized carbons (Fsp3) is 0.0769. The summed E-state index contributed by atoms with van der Waals surface area (Å²) in [6, 6.07) is 3.08. The van der Waals surface area contributed by atoms with Crippen molar-refractivity contribution in [3.8, 4) is 11.8 Å². The van der Waals surface area contributed by atoms with Crippen molar-refractivity contribution < 1.29 is 13.9 Å². The van der Waals surface area contributed by atoms with Gasteiger partial charge in [-0.25, -0.2) is 4.79 Å². The van der Waals surface area contributed by atoms with Crippen molar-refractivity contribution >= 4 is 50.2 Å². The molecule has 12 heteroatoms. The van der Waals surface area contributed by atoms with Crippen molar-refractivity contribution in [2.45, 2.75) is 0 Å². The van der Waals surface area contributed by atoms with Crippen LogP contribution in [-0.4, -0.2) is 29.9 Å². The van der Waals surface area contributed by atoms with Crippen LogP contribution in [0.5, 0.6) is 5.75 Å². The summed E-state index contributed by atoms with van der Waals surface area (Å²) in [5, 5.41) is 23.7. The fourth-order valence-electron chi connectivity index (χ4n) is 1.57. The van der Waals surface area contributed by atoms with Crippen LogP contribution in [0, 0.1) is 11.3 Å². The first-order valence-electron chi connectivity index (χ1n) is 6.29. The summed E-state index contributed by atoms with van der Waals surface area (Å²) in [5.74, 6) is -1.03. The summed E-state index contributed by atoms with van der Waals surface area (Å²) >= 11 is 4.03. The second-order valence-electron chi connectivity index (χ2n) is 4.13. The van der Waals surface area contributed by atoms with E-state index in [2.05, 4.69) is 49.8 Å². The molecule has 0 spiro atoms. The number of nitrogens with one attached hydrogen (secondary N) is 1. The zero-order chi connectivity index (χ0) is 18.6. The molecule has 0 unspecified atom stereocenters. The number of aromatic nitrogens is 2. The molecule has 0 aliphatic rings. The lowest BCUT2D eigenvalue weighted by molar-refractivity contribution is 0.0991. The molecule has 0 aliphatic heterocycles. The zero-order valence-corrected chi connectivity index (χ0v) is 15.0. The van der Waals surface area contributed by atoms with E-state index in [1.807, 2.05) is 0 Å². The number of nitrogens with zero attached hydrogens (tertiary/aromatic N) is 5. The molecule has 2 heterocycles. The molecule has 0 aliphatic carbocycles. The van der Waals surface area contributed by atoms with Crippen LogP contribution in [0.1, 0.15) is 10.6 Å². The second kappa shape index (κ2) is 7.69. The molecule has 25 heavy (non-hydrogen) atoms. The maximum absolute atomic E-state index is 12.2. The number of allylic oxidation sites excluding steroid dienone is 1. The number of carbonyl (C=O) groups excluding carboxylic acids is 1. The molecular weight excluding hydrogens is 416 g/mol. The van der Waals surface area contributed by atoms with Gasteiger partial charge in [-0.05, 0) is 15.9 Å². The lowest BCUT2D eigenvalue weighted by atomic mass is 10.3. The Balaban J connectivity index is 2.22. The number of halogens is 1. The first kappa shape index (κ1) is 18.3. The highest BCUT2D eigenvalue weighted by Gasteiger charge is 2.19. The molecule has 0 radical (unpaired) electrons. The van der Waals surface area contributed by atoms with Crippen LogP contribution in [0.15, 0.2) is 37.1 Å². The SMILES string of the molecule is C=NN(C(=C)C#N)c1nnc(NC(=O)c2cc(Br)c(OC)c(=O)o2)s1. The van der Waals surface area contributed by atoms with E-state index in [0.29, 0.717) is 0 Å². The van der Waals surface area contributed by atoms with Crippen molar-refractivity contribution in [3.05, 3.63) is 39.0 Å². The highest BCUT2D eigenvalue weighted by molar-refractivity contribution is 9.10. The minimum absolute atomic E-state index is 0.0193. The van der Waals surface area contributed by atoms with Crippen LogP contribution in [0.3, 0.4) is 0 Å². The summed E-state index contributed by atoms with van der Waals surface area (Å²) in [7, 11) is 1.30. The molecule has 0 fully saturated rings. The topological polar surface area (TPSA) is 134 Å². The number of amides is 1. The average molecular weight is 425 g/mol. The number of rotatable bonds is 6. The third-order valence-corrected chi connectivity index (χ3v) is 4.04. The quantitative estimate of drug-likeness (QED) is 0.422. The van der Waals surface area contributed by atoms with E-state index in [9.17, 15) is 9.59 Å². The minimum atomic E-state index is -0.813. The monoisotopic (exact) mass is 424 g/mol. The van der Waals surface area contributed by atoms with Crippen LogP contribution >= 0.6 is 27.3 Å². The van der Waals surface area contributed by atoms with Crippen LogP contribution in [-0.2, 0) is 0 Å². The van der Waals surface area contributed by atoms with Crippen molar-refractivity contribution in [2.24, 2.45) is 5.10 Å². The Morgan fingerprint density at radius 2 is 2.32 bits per heavy atom. The molecule has 0 aromatic carbocycles. The standard InChI is InChI=1S/C13H9BrN6O4S/c1-6(5-15)20(16-2)13-19-18-12(25-13)17-10(21)8-4-7(14)9(23-3)11(22)24-8/h4H,1-2H2,3H3,(H,17,18,21). The van der Waals surface area contributed by atoms with Crippen molar-refractivity contribution in [1.82, 2.24) is 10.2 Å². The molecular formula is C13H9BrN6O4S. The van der Waals surface area contributed by atoms with Gasteiger partial charge in [0.15, 0.2) is 5.76 Å². The third-order valence-electron chi connectivity index (χ3n) is 2.63. The van der Waals surface area contributed by atoms with Gasteiger partial charge in [-0.15, -0.1) is 10.2 Å². The van der Waals surface area contributed by atoms with Crippen molar-refractivity contribution in [2.75, 3.05) is 17.4 Å². The Morgan fingerprint density at radius 1 is 1.60 bits per heavy atom. The molecule has 1 N–H and O–H groups in total. The molecule has 10 nitrogen and oxygen atoms in total. The van der Waals surface area contributed by atoms with E-state index in [0.717, 1.165) is 16.3 Å². The summed E-state index contributed by atoms with van der Waals surface area (Å²) in [4.78, 5) is 23.9. The predicted octanol–water partition coefficient (Wildman–Crippen LogP) is 1.97. The van der Waals surface area contributed by atoms with Crippen LogP contribution < -0.4 is 20.7 Å². The number of anilines is 2. The van der Waals surface area contributed by atoms with Crippen LogP contribution in [0.4, 0.5) is 10.3 Å². The number of nitriles is 1. The Bertz CT molecular complexity index is 947. The Morgan fingerprint density at radius 3 is 2.88 bits per heavy atom. The molecule has 2 aromatic heterocycles. The largest absolute Gasteiger partial charge is 0.489 e. The molecule has 0 bridgehead atoms. The molecule has 0 saturated carbocycles. The second-order valence-corrected chi connectivity index (χ2v) is 5.95. The highest BCUT2D eigenvalue weighted by Crippen LogP contribution is 2.27. The highest BCUT2D eigenvalue weighted by atomic mass is 79.9. The Hall–Kier alpha value is -3.04. The van der Waals surface area contributed by atoms with Gasteiger partial charge in [0, 0.05) is 12.8 Å². The normalized spacial score (nSPS) is 9.80. The number of hydrazone groups is 1. The third kappa shape index (κ3) is 3.90. The average Bonchev–Trinajstić information content (AvgIpc) is 3.03. The Labute approximate surface area is 153 Å². The summed E-state index contributed by atoms with van der Waals surface area (Å²) in [6.45, 7) is 6.80. The van der Waals surface area contributed by atoms with Gasteiger partial charge in [0.1, 0.15) is 11.8 Å². The minimum Gasteiger partial charge on any atom is -0.489 e. The van der Waals surface area contributed by atoms with Gasteiger partial charge in [-0.1, -0.05) is 17.9 Å². The zero-order valence-electron chi connectivity index (χ0n) is 12.6. The van der Waals surface area contributed by atoms with E-state index in [-0.39, 0.29) is 31.9 Å². The van der Waals surface area contributed by atoms with Gasteiger partial charge in [0.25, 0.3) is 5.91 Å². The number of methoxy groups -OCH3 is 1. The van der Waals surface area contributed by atoms with Gasteiger partial charge in [0.05, 0.1) is 11.6 Å². The van der Waals surface area contributed by atoms with Gasteiger partial charge >= 0.3 is 5.63 Å². The predicted molar refractivity (Wildman–Crippen MR) is 93.9 cm³/mol. The van der Waals surface area contributed by atoms with E-state index >= 15 is 0 Å². The maximum atomic E-state index is 12.2. The molecule has 2 aromatic rings. The number of hydrogen-bond donors (Lipinski definition) is 1. The van der Waals surface area contributed by atoms with Gasteiger partial charge in [-0.3, -0.25) is 10.1 Å². The molecule has 0 atom stereocenters. The number of carbonyl (C=O) groups is 1. The first-order valence-corrected chi connectivity index (χ1v) is 7.90. The first-order chi connectivity index (χ1) is 11.9. The van der Waals surface area contributed by atoms with E-state index in [1.54, 1.807) is 6.07 Å². The maximum Gasteiger partial charge on any atom is 0.380 e. The summed E-state index contributed by atoms with van der Waals surface area (Å²) < 4.78 is 9.99. The van der Waals surface area contributed by atoms with Crippen LogP contribution in [0.25, 0.3) is 0 Å². The van der Waals surface area contributed by atoms with Crippen molar-refractivity contribution in [1.29, 1.82) is 5.26 Å².